The summed E-state index contributed by atoms with van der Waals surface area (Å²) in [6, 6.07) is 3.41. The van der Waals surface area contributed by atoms with Crippen LogP contribution in [0.15, 0.2) is 34.7 Å². The van der Waals surface area contributed by atoms with E-state index in [2.05, 4.69) is 32.6 Å². The molecular formula is C28H34ClNO6. The van der Waals surface area contributed by atoms with Gasteiger partial charge in [0, 0.05) is 48.3 Å². The largest absolute Gasteiger partial charge is 0.490 e. The van der Waals surface area contributed by atoms with Crippen molar-refractivity contribution < 1.29 is 29.0 Å². The minimum Gasteiger partial charge on any atom is -0.490 e. The number of halogens is 1. The number of Topliss-reactive ketones (excluding diaryl/α,β-unsaturated/α-hetero) is 2. The number of carboxylic acids is 1. The molecule has 2 aliphatic carbocycles. The predicted molar refractivity (Wildman–Crippen MR) is 136 cm³/mol. The van der Waals surface area contributed by atoms with Crippen LogP contribution in [0.4, 0.5) is 0 Å². The molecule has 0 saturated carbocycles. The summed E-state index contributed by atoms with van der Waals surface area (Å²) >= 11 is 6.61. The van der Waals surface area contributed by atoms with Gasteiger partial charge in [0.1, 0.15) is 0 Å². The highest BCUT2D eigenvalue weighted by molar-refractivity contribution is 6.32. The van der Waals surface area contributed by atoms with Crippen molar-refractivity contribution in [1.29, 1.82) is 0 Å². The molecule has 0 saturated heterocycles. The highest BCUT2D eigenvalue weighted by Gasteiger charge is 2.48. The first-order valence-electron chi connectivity index (χ1n) is 12.3. The van der Waals surface area contributed by atoms with Gasteiger partial charge in [0.15, 0.2) is 29.7 Å². The van der Waals surface area contributed by atoms with Crippen LogP contribution in [0.1, 0.15) is 71.8 Å². The Kier molecular flexibility index (Phi) is 6.75. The van der Waals surface area contributed by atoms with E-state index in [0.717, 1.165) is 24.2 Å². The van der Waals surface area contributed by atoms with Crippen LogP contribution in [0.25, 0.3) is 0 Å². The van der Waals surface area contributed by atoms with Crippen molar-refractivity contribution in [3.8, 4) is 11.5 Å². The van der Waals surface area contributed by atoms with E-state index in [0.29, 0.717) is 36.2 Å². The van der Waals surface area contributed by atoms with Crippen molar-refractivity contribution in [2.75, 3.05) is 20.3 Å². The van der Waals surface area contributed by atoms with Gasteiger partial charge in [0.2, 0.25) is 0 Å². The summed E-state index contributed by atoms with van der Waals surface area (Å²) < 4.78 is 11.2. The van der Waals surface area contributed by atoms with Crippen LogP contribution < -0.4 is 9.47 Å². The third-order valence-electron chi connectivity index (χ3n) is 7.18. The molecule has 0 amide bonds. The number of carboxylic acid groups (broad SMARTS) is 1. The maximum absolute atomic E-state index is 13.6. The zero-order chi connectivity index (χ0) is 26.6. The van der Waals surface area contributed by atoms with E-state index in [1.165, 1.54) is 0 Å². The molecule has 4 rings (SSSR count). The number of ketones is 2. The van der Waals surface area contributed by atoms with Crippen molar-refractivity contribution in [3.05, 3.63) is 45.3 Å². The molecule has 3 aliphatic rings. The topological polar surface area (TPSA) is 93.1 Å². The monoisotopic (exact) mass is 515 g/mol. The molecule has 0 unspecified atom stereocenters. The summed E-state index contributed by atoms with van der Waals surface area (Å²) in [7, 11) is 1.96. The average Bonchev–Trinajstić information content (AvgIpc) is 2.73. The molecular weight excluding hydrogens is 482 g/mol. The second kappa shape index (κ2) is 9.25. The van der Waals surface area contributed by atoms with E-state index in [1.807, 2.05) is 7.05 Å². The van der Waals surface area contributed by atoms with Crippen molar-refractivity contribution in [2.45, 2.75) is 66.2 Å². The van der Waals surface area contributed by atoms with Gasteiger partial charge in [-0.3, -0.25) is 9.59 Å². The summed E-state index contributed by atoms with van der Waals surface area (Å²) in [5.74, 6) is -1.22. The molecule has 36 heavy (non-hydrogen) atoms. The number of allylic oxidation sites excluding steroid dienone is 4. The van der Waals surface area contributed by atoms with Gasteiger partial charge < -0.3 is 19.5 Å². The molecule has 1 aromatic rings. The highest BCUT2D eigenvalue weighted by Crippen LogP contribution is 2.55. The van der Waals surface area contributed by atoms with E-state index >= 15 is 0 Å². The van der Waals surface area contributed by atoms with Crippen LogP contribution in [0, 0.1) is 10.8 Å². The van der Waals surface area contributed by atoms with Crippen molar-refractivity contribution in [3.63, 3.8) is 0 Å². The quantitative estimate of drug-likeness (QED) is 0.533. The highest BCUT2D eigenvalue weighted by atomic mass is 35.5. The fourth-order valence-corrected chi connectivity index (χ4v) is 6.06. The molecule has 0 fully saturated rings. The fraction of sp³-hybridized carbons (Fsp3) is 0.536. The number of rotatable bonds is 6. The van der Waals surface area contributed by atoms with Gasteiger partial charge in [-0.2, -0.15) is 0 Å². The lowest BCUT2D eigenvalue weighted by molar-refractivity contribution is -0.139. The van der Waals surface area contributed by atoms with Crippen LogP contribution in [0.5, 0.6) is 11.5 Å². The van der Waals surface area contributed by atoms with Gasteiger partial charge in [-0.25, -0.2) is 4.79 Å². The number of benzene rings is 1. The molecule has 1 heterocycles. The first-order valence-corrected chi connectivity index (χ1v) is 12.7. The van der Waals surface area contributed by atoms with E-state index < -0.39 is 18.5 Å². The lowest BCUT2D eigenvalue weighted by Crippen LogP contribution is -2.43. The number of carbonyl (C=O) groups is 3. The molecule has 1 aliphatic heterocycles. The number of hydrogen-bond acceptors (Lipinski definition) is 6. The Bertz CT molecular complexity index is 1150. The molecule has 0 atom stereocenters. The minimum absolute atomic E-state index is 0.0302. The Balaban J connectivity index is 1.94. The van der Waals surface area contributed by atoms with Crippen molar-refractivity contribution in [1.82, 2.24) is 4.90 Å². The van der Waals surface area contributed by atoms with Crippen LogP contribution >= 0.6 is 11.6 Å². The van der Waals surface area contributed by atoms with Gasteiger partial charge in [0.05, 0.1) is 11.6 Å². The normalized spacial score (nSPS) is 21.4. The lowest BCUT2D eigenvalue weighted by atomic mass is 9.63. The average molecular weight is 516 g/mol. The zero-order valence-corrected chi connectivity index (χ0v) is 22.5. The van der Waals surface area contributed by atoms with E-state index in [9.17, 15) is 14.4 Å². The Morgan fingerprint density at radius 1 is 1.00 bits per heavy atom. The Labute approximate surface area is 217 Å². The molecule has 1 aromatic carbocycles. The standard InChI is InChI=1S/C28H34ClNO6/c1-7-35-21-9-15(8-16(29)26(21)36-14-22(33)34)23-24-17(10-27(2,3)12-19(24)31)30(6)18-11-28(4,5)13-20(32)25(18)23/h8-9,23H,7,10-14H2,1-6H3,(H,33,34). The van der Waals surface area contributed by atoms with Gasteiger partial charge in [-0.05, 0) is 48.3 Å². The van der Waals surface area contributed by atoms with Crippen LogP contribution in [-0.2, 0) is 14.4 Å². The van der Waals surface area contributed by atoms with Crippen LogP contribution in [-0.4, -0.2) is 47.8 Å². The molecule has 0 bridgehead atoms. The van der Waals surface area contributed by atoms with Gasteiger partial charge in [0.25, 0.3) is 0 Å². The van der Waals surface area contributed by atoms with Crippen LogP contribution in [0.2, 0.25) is 5.02 Å². The summed E-state index contributed by atoms with van der Waals surface area (Å²) in [6.45, 7) is 9.91. The SMILES string of the molecule is CCOc1cc(C2C3=C(CC(C)(C)CC3=O)N(C)C3=C2C(=O)CC(C)(C)C3)cc(Cl)c1OCC(=O)O. The van der Waals surface area contributed by atoms with Gasteiger partial charge >= 0.3 is 5.97 Å². The maximum atomic E-state index is 13.6. The fourth-order valence-electron chi connectivity index (χ4n) is 5.79. The molecule has 0 aromatic heterocycles. The number of hydrogen-bond donors (Lipinski definition) is 1. The van der Waals surface area contributed by atoms with Gasteiger partial charge in [-0.15, -0.1) is 0 Å². The third-order valence-corrected chi connectivity index (χ3v) is 7.47. The summed E-state index contributed by atoms with van der Waals surface area (Å²) in [6.07, 6.45) is 2.23. The maximum Gasteiger partial charge on any atom is 0.341 e. The number of ether oxygens (including phenoxy) is 2. The zero-order valence-electron chi connectivity index (χ0n) is 21.8. The van der Waals surface area contributed by atoms with Crippen LogP contribution in [0.3, 0.4) is 0 Å². The predicted octanol–water partition coefficient (Wildman–Crippen LogP) is 5.52. The molecule has 1 N–H and O–H groups in total. The van der Waals surface area contributed by atoms with E-state index in [-0.39, 0.29) is 38.9 Å². The smallest absolute Gasteiger partial charge is 0.341 e. The third kappa shape index (κ3) is 4.77. The van der Waals surface area contributed by atoms with E-state index in [4.69, 9.17) is 26.2 Å². The summed E-state index contributed by atoms with van der Waals surface area (Å²) in [5, 5.41) is 9.24. The number of nitrogens with zero attached hydrogens (tertiary/aromatic N) is 1. The molecule has 8 heteroatoms. The number of aliphatic carboxylic acids is 1. The second-order valence-corrected chi connectivity index (χ2v) is 11.9. The van der Waals surface area contributed by atoms with Crippen molar-refractivity contribution in [2.24, 2.45) is 10.8 Å². The molecule has 194 valence electrons. The Morgan fingerprint density at radius 2 is 1.53 bits per heavy atom. The second-order valence-electron chi connectivity index (χ2n) is 11.5. The summed E-state index contributed by atoms with van der Waals surface area (Å²) in [5.41, 5.74) is 3.47. The summed E-state index contributed by atoms with van der Waals surface area (Å²) in [4.78, 5) is 40.5. The first-order chi connectivity index (χ1) is 16.7. The van der Waals surface area contributed by atoms with Crippen molar-refractivity contribution >= 4 is 29.1 Å². The van der Waals surface area contributed by atoms with Gasteiger partial charge in [-0.1, -0.05) is 39.3 Å². The molecule has 7 nitrogen and oxygen atoms in total. The lowest BCUT2D eigenvalue weighted by Gasteiger charge is -2.48. The first kappa shape index (κ1) is 26.3. The Morgan fingerprint density at radius 3 is 2.00 bits per heavy atom. The Hall–Kier alpha value is -2.80. The molecule has 0 spiro atoms. The number of carbonyl (C=O) groups excluding carboxylic acids is 2. The molecule has 0 radical (unpaired) electrons. The minimum atomic E-state index is -1.14. The van der Waals surface area contributed by atoms with E-state index in [1.54, 1.807) is 19.1 Å².